The third kappa shape index (κ3) is 2.58. The Morgan fingerprint density at radius 2 is 1.86 bits per heavy atom. The van der Waals surface area contributed by atoms with Gasteiger partial charge in [-0.05, 0) is 42.0 Å². The van der Waals surface area contributed by atoms with E-state index in [0.717, 1.165) is 13.0 Å². The molecule has 1 aromatic carbocycles. The predicted molar refractivity (Wildman–Crippen MR) is 62.6 cm³/mol. The Labute approximate surface area is 87.3 Å². The van der Waals surface area contributed by atoms with Crippen LogP contribution in [-0.2, 0) is 11.8 Å². The first-order valence-electron chi connectivity index (χ1n) is 5.25. The fourth-order valence-corrected chi connectivity index (χ4v) is 1.89. The highest BCUT2D eigenvalue weighted by Gasteiger charge is 2.15. The molecule has 0 amide bonds. The van der Waals surface area contributed by atoms with Gasteiger partial charge in [-0.2, -0.15) is 0 Å². The van der Waals surface area contributed by atoms with Gasteiger partial charge in [0.05, 0.1) is 0 Å². The topological polar surface area (TPSA) is 26.0 Å². The second-order valence-corrected chi connectivity index (χ2v) is 4.94. The van der Waals surface area contributed by atoms with E-state index in [1.807, 2.05) is 0 Å². The van der Waals surface area contributed by atoms with Crippen LogP contribution in [0.1, 0.15) is 37.5 Å². The molecule has 0 saturated heterocycles. The van der Waals surface area contributed by atoms with Crippen LogP contribution >= 0.6 is 0 Å². The van der Waals surface area contributed by atoms with Gasteiger partial charge >= 0.3 is 0 Å². The fourth-order valence-electron chi connectivity index (χ4n) is 1.89. The maximum absolute atomic E-state index is 5.53. The van der Waals surface area contributed by atoms with Gasteiger partial charge in [-0.15, -0.1) is 0 Å². The molecule has 78 valence electrons. The SMILES string of the molecule is Cc1cc(CCN)ccc1C(C)(C)C. The molecule has 0 radical (unpaired) electrons. The van der Waals surface area contributed by atoms with E-state index in [0.29, 0.717) is 0 Å². The largest absolute Gasteiger partial charge is 0.330 e. The number of hydrogen-bond acceptors (Lipinski definition) is 1. The van der Waals surface area contributed by atoms with Crippen molar-refractivity contribution in [2.75, 3.05) is 6.54 Å². The Hall–Kier alpha value is -0.820. The molecule has 0 saturated carbocycles. The number of benzene rings is 1. The van der Waals surface area contributed by atoms with Gasteiger partial charge in [0, 0.05) is 0 Å². The van der Waals surface area contributed by atoms with Crippen LogP contribution in [0, 0.1) is 6.92 Å². The molecule has 0 heterocycles. The summed E-state index contributed by atoms with van der Waals surface area (Å²) < 4.78 is 0. The Morgan fingerprint density at radius 3 is 2.29 bits per heavy atom. The van der Waals surface area contributed by atoms with Crippen molar-refractivity contribution in [2.45, 2.75) is 39.5 Å². The first-order chi connectivity index (χ1) is 6.45. The van der Waals surface area contributed by atoms with Gasteiger partial charge in [0.15, 0.2) is 0 Å². The van der Waals surface area contributed by atoms with Crippen LogP contribution in [0.25, 0.3) is 0 Å². The first kappa shape index (κ1) is 11.3. The zero-order valence-corrected chi connectivity index (χ0v) is 9.72. The van der Waals surface area contributed by atoms with Crippen LogP contribution in [0.4, 0.5) is 0 Å². The summed E-state index contributed by atoms with van der Waals surface area (Å²) in [6.45, 7) is 9.66. The van der Waals surface area contributed by atoms with E-state index in [9.17, 15) is 0 Å². The lowest BCUT2D eigenvalue weighted by Gasteiger charge is -2.22. The van der Waals surface area contributed by atoms with Gasteiger partial charge in [0.2, 0.25) is 0 Å². The lowest BCUT2D eigenvalue weighted by molar-refractivity contribution is 0.586. The van der Waals surface area contributed by atoms with Crippen molar-refractivity contribution in [2.24, 2.45) is 5.73 Å². The lowest BCUT2D eigenvalue weighted by Crippen LogP contribution is -2.13. The molecule has 0 bridgehead atoms. The summed E-state index contributed by atoms with van der Waals surface area (Å²) in [7, 11) is 0. The number of aryl methyl sites for hydroxylation is 1. The van der Waals surface area contributed by atoms with E-state index in [1.165, 1.54) is 16.7 Å². The summed E-state index contributed by atoms with van der Waals surface area (Å²) in [4.78, 5) is 0. The maximum Gasteiger partial charge on any atom is -0.00367 e. The average molecular weight is 191 g/mol. The summed E-state index contributed by atoms with van der Waals surface area (Å²) in [6, 6.07) is 6.69. The molecule has 14 heavy (non-hydrogen) atoms. The molecule has 0 aromatic heterocycles. The standard InChI is InChI=1S/C13H21N/c1-10-9-11(7-8-14)5-6-12(10)13(2,3)4/h5-6,9H,7-8,14H2,1-4H3. The average Bonchev–Trinajstić information content (AvgIpc) is 2.02. The summed E-state index contributed by atoms with van der Waals surface area (Å²) in [5.74, 6) is 0. The molecule has 0 atom stereocenters. The van der Waals surface area contributed by atoms with E-state index in [-0.39, 0.29) is 5.41 Å². The minimum atomic E-state index is 0.241. The molecule has 1 aromatic rings. The van der Waals surface area contributed by atoms with Crippen molar-refractivity contribution in [1.29, 1.82) is 0 Å². The Kier molecular flexibility index (Phi) is 3.33. The highest BCUT2D eigenvalue weighted by atomic mass is 14.5. The molecule has 0 aliphatic rings. The molecular weight excluding hydrogens is 170 g/mol. The Morgan fingerprint density at radius 1 is 1.21 bits per heavy atom. The summed E-state index contributed by atoms with van der Waals surface area (Å²) in [6.07, 6.45) is 0.977. The molecule has 0 spiro atoms. The third-order valence-corrected chi connectivity index (χ3v) is 2.53. The zero-order valence-electron chi connectivity index (χ0n) is 9.72. The monoisotopic (exact) mass is 191 g/mol. The van der Waals surface area contributed by atoms with E-state index in [1.54, 1.807) is 0 Å². The van der Waals surface area contributed by atoms with Crippen LogP contribution < -0.4 is 5.73 Å². The van der Waals surface area contributed by atoms with Crippen molar-refractivity contribution >= 4 is 0 Å². The summed E-state index contributed by atoms with van der Waals surface area (Å²) in [5, 5.41) is 0. The first-order valence-corrected chi connectivity index (χ1v) is 5.25. The van der Waals surface area contributed by atoms with Crippen molar-refractivity contribution in [3.8, 4) is 0 Å². The Balaban J connectivity index is 3.02. The zero-order chi connectivity index (χ0) is 10.8. The smallest absolute Gasteiger partial charge is 0.00367 e. The van der Waals surface area contributed by atoms with Gasteiger partial charge < -0.3 is 5.73 Å². The van der Waals surface area contributed by atoms with Gasteiger partial charge in [0.1, 0.15) is 0 Å². The molecule has 1 heteroatoms. The highest BCUT2D eigenvalue weighted by molar-refractivity contribution is 5.35. The predicted octanol–water partition coefficient (Wildman–Crippen LogP) is 2.79. The van der Waals surface area contributed by atoms with Crippen LogP contribution in [0.2, 0.25) is 0 Å². The van der Waals surface area contributed by atoms with Crippen molar-refractivity contribution < 1.29 is 0 Å². The summed E-state index contributed by atoms with van der Waals surface area (Å²) >= 11 is 0. The van der Waals surface area contributed by atoms with E-state index >= 15 is 0 Å². The van der Waals surface area contributed by atoms with Crippen molar-refractivity contribution in [3.63, 3.8) is 0 Å². The highest BCUT2D eigenvalue weighted by Crippen LogP contribution is 2.26. The van der Waals surface area contributed by atoms with Gasteiger partial charge in [0.25, 0.3) is 0 Å². The second-order valence-electron chi connectivity index (χ2n) is 4.94. The second kappa shape index (κ2) is 4.14. The van der Waals surface area contributed by atoms with Crippen molar-refractivity contribution in [1.82, 2.24) is 0 Å². The van der Waals surface area contributed by atoms with Crippen LogP contribution in [0.5, 0.6) is 0 Å². The van der Waals surface area contributed by atoms with Gasteiger partial charge in [-0.3, -0.25) is 0 Å². The summed E-state index contributed by atoms with van der Waals surface area (Å²) in [5.41, 5.74) is 9.93. The fraction of sp³-hybridized carbons (Fsp3) is 0.538. The van der Waals surface area contributed by atoms with Crippen LogP contribution in [0.15, 0.2) is 18.2 Å². The van der Waals surface area contributed by atoms with Crippen LogP contribution in [-0.4, -0.2) is 6.54 Å². The molecule has 0 aliphatic carbocycles. The third-order valence-electron chi connectivity index (χ3n) is 2.53. The van der Waals surface area contributed by atoms with Gasteiger partial charge in [-0.1, -0.05) is 39.0 Å². The number of rotatable bonds is 2. The van der Waals surface area contributed by atoms with Gasteiger partial charge in [-0.25, -0.2) is 0 Å². The van der Waals surface area contributed by atoms with Crippen LogP contribution in [0.3, 0.4) is 0 Å². The minimum absolute atomic E-state index is 0.241. The number of hydrogen-bond donors (Lipinski definition) is 1. The molecule has 1 rings (SSSR count). The van der Waals surface area contributed by atoms with Crippen molar-refractivity contribution in [3.05, 3.63) is 34.9 Å². The van der Waals surface area contributed by atoms with E-state index < -0.39 is 0 Å². The normalized spacial score (nSPS) is 11.8. The lowest BCUT2D eigenvalue weighted by atomic mass is 9.83. The molecular formula is C13H21N. The minimum Gasteiger partial charge on any atom is -0.330 e. The molecule has 0 unspecified atom stereocenters. The molecule has 2 N–H and O–H groups in total. The van der Waals surface area contributed by atoms with E-state index in [4.69, 9.17) is 5.73 Å². The molecule has 1 nitrogen and oxygen atoms in total. The maximum atomic E-state index is 5.53. The quantitative estimate of drug-likeness (QED) is 0.764. The Bertz CT molecular complexity index is 308. The van der Waals surface area contributed by atoms with E-state index in [2.05, 4.69) is 45.9 Å². The molecule has 0 fully saturated rings. The molecule has 0 aliphatic heterocycles. The number of nitrogens with two attached hydrogens (primary N) is 1.